The number of para-hydroxylation sites is 1. The van der Waals surface area contributed by atoms with E-state index in [1.807, 2.05) is 7.05 Å². The molecule has 2 aliphatic heterocycles. The second-order valence-electron chi connectivity index (χ2n) is 5.20. The van der Waals surface area contributed by atoms with Crippen LogP contribution in [0.4, 0.5) is 5.69 Å². The number of likely N-dealkylation sites (tertiary alicyclic amines) is 1. The van der Waals surface area contributed by atoms with E-state index in [9.17, 15) is 0 Å². The number of nitrogens with zero attached hydrogens (tertiary/aromatic N) is 3. The number of aliphatic imine (C=N–C) groups is 1. The molecule has 0 spiro atoms. The highest BCUT2D eigenvalue weighted by atomic mass is 127. The van der Waals surface area contributed by atoms with Crippen LogP contribution < -0.4 is 10.2 Å². The Morgan fingerprint density at radius 1 is 1.25 bits per heavy atom. The van der Waals surface area contributed by atoms with Gasteiger partial charge in [0.2, 0.25) is 0 Å². The molecule has 4 nitrogen and oxygen atoms in total. The first-order valence-electron chi connectivity index (χ1n) is 7.17. The van der Waals surface area contributed by atoms with Gasteiger partial charge in [-0.05, 0) is 37.6 Å². The highest BCUT2D eigenvalue weighted by molar-refractivity contribution is 14.0. The zero-order valence-corrected chi connectivity index (χ0v) is 14.3. The van der Waals surface area contributed by atoms with E-state index in [1.165, 1.54) is 30.8 Å². The van der Waals surface area contributed by atoms with Crippen LogP contribution >= 0.6 is 24.0 Å². The quantitative estimate of drug-likeness (QED) is 0.490. The number of nitrogens with one attached hydrogen (secondary N) is 1. The van der Waals surface area contributed by atoms with Crippen LogP contribution in [0.15, 0.2) is 29.3 Å². The van der Waals surface area contributed by atoms with Crippen LogP contribution in [-0.4, -0.2) is 50.6 Å². The SMILES string of the molecule is CN=C(NCCN1CCC1)N1CCc2ccccc21.I. The van der Waals surface area contributed by atoms with Gasteiger partial charge >= 0.3 is 0 Å². The summed E-state index contributed by atoms with van der Waals surface area (Å²) in [5.74, 6) is 1.01. The molecule has 3 rings (SSSR count). The zero-order valence-electron chi connectivity index (χ0n) is 12.0. The Morgan fingerprint density at radius 2 is 2.05 bits per heavy atom. The predicted octanol–water partition coefficient (Wildman–Crippen LogP) is 1.95. The van der Waals surface area contributed by atoms with Gasteiger partial charge in [-0.2, -0.15) is 0 Å². The Kier molecular flexibility index (Phi) is 5.65. The molecule has 0 aromatic heterocycles. The highest BCUT2D eigenvalue weighted by Gasteiger charge is 2.22. The molecule has 1 aromatic carbocycles. The van der Waals surface area contributed by atoms with Crippen molar-refractivity contribution >= 4 is 35.6 Å². The lowest BCUT2D eigenvalue weighted by Gasteiger charge is -2.31. The average molecular weight is 386 g/mol. The summed E-state index contributed by atoms with van der Waals surface area (Å²) in [6.45, 7) is 5.64. The number of hydrogen-bond donors (Lipinski definition) is 1. The molecule has 1 aromatic rings. The minimum atomic E-state index is 0. The van der Waals surface area contributed by atoms with Gasteiger partial charge in [0.25, 0.3) is 0 Å². The lowest BCUT2D eigenvalue weighted by Crippen LogP contribution is -2.46. The van der Waals surface area contributed by atoms with Crippen molar-refractivity contribution in [2.75, 3.05) is 44.7 Å². The molecular formula is C15H23IN4. The van der Waals surface area contributed by atoms with Crippen LogP contribution in [0.3, 0.4) is 0 Å². The van der Waals surface area contributed by atoms with E-state index in [0.717, 1.165) is 32.0 Å². The van der Waals surface area contributed by atoms with Gasteiger partial charge < -0.3 is 15.1 Å². The van der Waals surface area contributed by atoms with Crippen molar-refractivity contribution in [2.45, 2.75) is 12.8 Å². The van der Waals surface area contributed by atoms with Gasteiger partial charge in [0.05, 0.1) is 0 Å². The van der Waals surface area contributed by atoms with E-state index in [0.29, 0.717) is 0 Å². The summed E-state index contributed by atoms with van der Waals surface area (Å²) in [6.07, 6.45) is 2.47. The summed E-state index contributed by atoms with van der Waals surface area (Å²) in [7, 11) is 1.87. The first-order chi connectivity index (χ1) is 9.38. The number of anilines is 1. The Labute approximate surface area is 138 Å². The lowest BCUT2D eigenvalue weighted by atomic mass is 10.2. The maximum atomic E-state index is 4.42. The number of fused-ring (bicyclic) bond motifs is 1. The van der Waals surface area contributed by atoms with Crippen molar-refractivity contribution in [3.8, 4) is 0 Å². The Balaban J connectivity index is 0.00000147. The lowest BCUT2D eigenvalue weighted by molar-refractivity contribution is 0.185. The van der Waals surface area contributed by atoms with Crippen LogP contribution in [0.25, 0.3) is 0 Å². The van der Waals surface area contributed by atoms with E-state index in [-0.39, 0.29) is 24.0 Å². The maximum Gasteiger partial charge on any atom is 0.198 e. The Morgan fingerprint density at radius 3 is 2.75 bits per heavy atom. The van der Waals surface area contributed by atoms with Crippen molar-refractivity contribution in [1.82, 2.24) is 10.2 Å². The topological polar surface area (TPSA) is 30.9 Å². The summed E-state index contributed by atoms with van der Waals surface area (Å²) >= 11 is 0. The predicted molar refractivity (Wildman–Crippen MR) is 95.3 cm³/mol. The summed E-state index contributed by atoms with van der Waals surface area (Å²) in [5.41, 5.74) is 2.73. The van der Waals surface area contributed by atoms with Crippen LogP contribution in [0.2, 0.25) is 0 Å². The van der Waals surface area contributed by atoms with Gasteiger partial charge in [-0.25, -0.2) is 0 Å². The minimum absolute atomic E-state index is 0. The van der Waals surface area contributed by atoms with Gasteiger partial charge in [-0.15, -0.1) is 24.0 Å². The minimum Gasteiger partial charge on any atom is -0.355 e. The van der Waals surface area contributed by atoms with E-state index in [2.05, 4.69) is 44.4 Å². The fourth-order valence-electron chi connectivity index (χ4n) is 2.78. The third kappa shape index (κ3) is 3.25. The van der Waals surface area contributed by atoms with Crippen molar-refractivity contribution < 1.29 is 0 Å². The molecule has 0 saturated carbocycles. The smallest absolute Gasteiger partial charge is 0.198 e. The molecule has 2 heterocycles. The molecule has 1 N–H and O–H groups in total. The van der Waals surface area contributed by atoms with E-state index in [4.69, 9.17) is 0 Å². The van der Waals surface area contributed by atoms with E-state index >= 15 is 0 Å². The number of halogens is 1. The molecule has 0 unspecified atom stereocenters. The van der Waals surface area contributed by atoms with Gasteiger partial charge in [-0.1, -0.05) is 18.2 Å². The third-order valence-electron chi connectivity index (χ3n) is 4.01. The first-order valence-corrected chi connectivity index (χ1v) is 7.17. The maximum absolute atomic E-state index is 4.42. The van der Waals surface area contributed by atoms with Crippen LogP contribution in [0.1, 0.15) is 12.0 Å². The number of hydrogen-bond acceptors (Lipinski definition) is 2. The van der Waals surface area contributed by atoms with E-state index < -0.39 is 0 Å². The average Bonchev–Trinajstić information content (AvgIpc) is 2.81. The standard InChI is InChI=1S/C15H22N4.HI/c1-16-15(17-8-12-18-9-4-10-18)19-11-7-13-5-2-3-6-14(13)19;/h2-3,5-6H,4,7-12H2,1H3,(H,16,17);1H. The summed E-state index contributed by atoms with van der Waals surface area (Å²) < 4.78 is 0. The molecule has 1 fully saturated rings. The number of rotatable bonds is 3. The Bertz CT molecular complexity index is 471. The van der Waals surface area contributed by atoms with Crippen molar-refractivity contribution in [1.29, 1.82) is 0 Å². The molecular weight excluding hydrogens is 363 g/mol. The van der Waals surface area contributed by atoms with Gasteiger partial charge in [0.1, 0.15) is 0 Å². The van der Waals surface area contributed by atoms with Crippen LogP contribution in [0.5, 0.6) is 0 Å². The molecule has 0 bridgehead atoms. The molecule has 1 saturated heterocycles. The van der Waals surface area contributed by atoms with Gasteiger partial charge in [0.15, 0.2) is 5.96 Å². The highest BCUT2D eigenvalue weighted by Crippen LogP contribution is 2.27. The summed E-state index contributed by atoms with van der Waals surface area (Å²) in [6, 6.07) is 8.61. The summed E-state index contributed by atoms with van der Waals surface area (Å²) in [5, 5.41) is 3.49. The van der Waals surface area contributed by atoms with E-state index in [1.54, 1.807) is 0 Å². The summed E-state index contributed by atoms with van der Waals surface area (Å²) in [4.78, 5) is 9.19. The molecule has 110 valence electrons. The number of guanidine groups is 1. The molecule has 2 aliphatic rings. The van der Waals surface area contributed by atoms with Crippen molar-refractivity contribution in [3.63, 3.8) is 0 Å². The molecule has 5 heteroatoms. The number of benzene rings is 1. The van der Waals surface area contributed by atoms with Crippen LogP contribution in [-0.2, 0) is 6.42 Å². The second-order valence-corrected chi connectivity index (χ2v) is 5.20. The fraction of sp³-hybridized carbons (Fsp3) is 0.533. The normalized spacial score (nSPS) is 18.2. The largest absolute Gasteiger partial charge is 0.355 e. The zero-order chi connectivity index (χ0) is 13.1. The monoisotopic (exact) mass is 386 g/mol. The molecule has 0 atom stereocenters. The fourth-order valence-corrected chi connectivity index (χ4v) is 2.78. The van der Waals surface area contributed by atoms with Gasteiger partial charge in [0, 0.05) is 32.4 Å². The second kappa shape index (κ2) is 7.26. The Hall–Kier alpha value is -0.820. The third-order valence-corrected chi connectivity index (χ3v) is 4.01. The molecule has 0 amide bonds. The van der Waals surface area contributed by atoms with Crippen molar-refractivity contribution in [2.24, 2.45) is 4.99 Å². The molecule has 0 aliphatic carbocycles. The van der Waals surface area contributed by atoms with Crippen molar-refractivity contribution in [3.05, 3.63) is 29.8 Å². The molecule has 0 radical (unpaired) electrons. The van der Waals surface area contributed by atoms with Crippen LogP contribution in [0, 0.1) is 0 Å². The molecule has 20 heavy (non-hydrogen) atoms. The first kappa shape index (κ1) is 15.6. The van der Waals surface area contributed by atoms with Gasteiger partial charge in [-0.3, -0.25) is 4.99 Å².